The largest absolute Gasteiger partial charge is 0.474 e. The van der Waals surface area contributed by atoms with E-state index in [1.807, 2.05) is 6.07 Å². The normalized spacial score (nSPS) is 14.8. The smallest absolute Gasteiger partial charge is 0.257 e. The fourth-order valence-corrected chi connectivity index (χ4v) is 2.81. The second-order valence-electron chi connectivity index (χ2n) is 5.89. The molecule has 1 N–H and O–H groups in total. The van der Waals surface area contributed by atoms with Gasteiger partial charge in [-0.3, -0.25) is 9.48 Å². The molecule has 24 heavy (non-hydrogen) atoms. The first kappa shape index (κ1) is 16.0. The minimum Gasteiger partial charge on any atom is -0.474 e. The van der Waals surface area contributed by atoms with Gasteiger partial charge in [0.2, 0.25) is 5.88 Å². The highest BCUT2D eigenvalue weighted by Crippen LogP contribution is 2.23. The molecule has 2 aromatic heterocycles. The lowest BCUT2D eigenvalue weighted by Crippen LogP contribution is -2.20. The van der Waals surface area contributed by atoms with Crippen LogP contribution < -0.4 is 10.1 Å². The van der Waals surface area contributed by atoms with Crippen molar-refractivity contribution in [2.45, 2.75) is 38.2 Å². The number of carbonyl (C=O) groups excluding carboxylic acids is 1. The third-order valence-corrected chi connectivity index (χ3v) is 4.02. The minimum atomic E-state index is -0.346. The number of nitriles is 1. The number of aromatic nitrogens is 3. The Morgan fingerprint density at radius 1 is 1.42 bits per heavy atom. The lowest BCUT2D eigenvalue weighted by molar-refractivity contribution is 0.102. The zero-order chi connectivity index (χ0) is 16.9. The molecule has 1 amide bonds. The molecule has 1 saturated carbocycles. The van der Waals surface area contributed by atoms with Gasteiger partial charge in [0, 0.05) is 31.1 Å². The summed E-state index contributed by atoms with van der Waals surface area (Å²) in [6.07, 6.45) is 8.92. The number of rotatable bonds is 4. The summed E-state index contributed by atoms with van der Waals surface area (Å²) in [5, 5.41) is 15.8. The number of ether oxygens (including phenoxy) is 1. The Labute approximate surface area is 140 Å². The van der Waals surface area contributed by atoms with Crippen molar-refractivity contribution in [1.29, 1.82) is 5.26 Å². The number of aryl methyl sites for hydroxylation is 1. The fourth-order valence-electron chi connectivity index (χ4n) is 2.81. The van der Waals surface area contributed by atoms with Gasteiger partial charge in [0.25, 0.3) is 5.91 Å². The van der Waals surface area contributed by atoms with Crippen LogP contribution in [0.4, 0.5) is 5.82 Å². The van der Waals surface area contributed by atoms with Crippen LogP contribution in [0, 0.1) is 11.3 Å². The molecule has 1 aliphatic carbocycles. The molecule has 0 aromatic carbocycles. The number of amides is 1. The molecule has 0 atom stereocenters. The first-order valence-corrected chi connectivity index (χ1v) is 8.03. The van der Waals surface area contributed by atoms with Crippen LogP contribution in [0.2, 0.25) is 0 Å². The fraction of sp³-hybridized carbons (Fsp3) is 0.412. The van der Waals surface area contributed by atoms with Crippen molar-refractivity contribution in [1.82, 2.24) is 14.8 Å². The number of hydrogen-bond acceptors (Lipinski definition) is 5. The van der Waals surface area contributed by atoms with E-state index in [2.05, 4.69) is 15.4 Å². The SMILES string of the molecule is Cn1cc(C#N)c(NC(=O)c2ccnc(OC3CCCCC3)c2)n1. The van der Waals surface area contributed by atoms with Gasteiger partial charge in [-0.1, -0.05) is 6.42 Å². The molecule has 0 bridgehead atoms. The van der Waals surface area contributed by atoms with E-state index in [4.69, 9.17) is 10.00 Å². The van der Waals surface area contributed by atoms with Crippen molar-refractivity contribution >= 4 is 11.7 Å². The van der Waals surface area contributed by atoms with Crippen molar-refractivity contribution < 1.29 is 9.53 Å². The van der Waals surface area contributed by atoms with Gasteiger partial charge in [-0.2, -0.15) is 10.4 Å². The zero-order valence-electron chi connectivity index (χ0n) is 13.5. The molecular formula is C17H19N5O2. The molecule has 7 heteroatoms. The van der Waals surface area contributed by atoms with Crippen molar-refractivity contribution in [3.8, 4) is 11.9 Å². The van der Waals surface area contributed by atoms with Gasteiger partial charge in [-0.15, -0.1) is 0 Å². The van der Waals surface area contributed by atoms with Crippen LogP contribution in [0.5, 0.6) is 5.88 Å². The monoisotopic (exact) mass is 325 g/mol. The van der Waals surface area contributed by atoms with E-state index in [-0.39, 0.29) is 17.8 Å². The highest BCUT2D eigenvalue weighted by Gasteiger charge is 2.17. The Bertz CT molecular complexity index is 772. The topological polar surface area (TPSA) is 92.8 Å². The van der Waals surface area contributed by atoms with Gasteiger partial charge in [-0.25, -0.2) is 4.98 Å². The van der Waals surface area contributed by atoms with E-state index in [0.717, 1.165) is 12.8 Å². The van der Waals surface area contributed by atoms with E-state index < -0.39 is 0 Å². The van der Waals surface area contributed by atoms with Crippen LogP contribution in [0.25, 0.3) is 0 Å². The molecule has 2 aromatic rings. The van der Waals surface area contributed by atoms with Crippen LogP contribution in [-0.4, -0.2) is 26.8 Å². The van der Waals surface area contributed by atoms with Crippen molar-refractivity contribution in [2.75, 3.05) is 5.32 Å². The highest BCUT2D eigenvalue weighted by molar-refractivity contribution is 6.04. The molecular weight excluding hydrogens is 306 g/mol. The molecule has 0 aliphatic heterocycles. The van der Waals surface area contributed by atoms with Gasteiger partial charge in [-0.05, 0) is 31.7 Å². The summed E-state index contributed by atoms with van der Waals surface area (Å²) in [6, 6.07) is 5.24. The van der Waals surface area contributed by atoms with Crippen LogP contribution in [0.3, 0.4) is 0 Å². The predicted octanol–water partition coefficient (Wildman–Crippen LogP) is 2.65. The summed E-state index contributed by atoms with van der Waals surface area (Å²) in [5.41, 5.74) is 0.740. The van der Waals surface area contributed by atoms with Gasteiger partial charge < -0.3 is 10.1 Å². The highest BCUT2D eigenvalue weighted by atomic mass is 16.5. The van der Waals surface area contributed by atoms with Crippen LogP contribution >= 0.6 is 0 Å². The van der Waals surface area contributed by atoms with E-state index in [0.29, 0.717) is 17.0 Å². The van der Waals surface area contributed by atoms with Gasteiger partial charge in [0.05, 0.1) is 0 Å². The first-order valence-electron chi connectivity index (χ1n) is 8.03. The summed E-state index contributed by atoms with van der Waals surface area (Å²) < 4.78 is 7.37. The van der Waals surface area contributed by atoms with Crippen LogP contribution in [-0.2, 0) is 7.05 Å². The Balaban J connectivity index is 1.70. The molecule has 2 heterocycles. The summed E-state index contributed by atoms with van der Waals surface area (Å²) in [4.78, 5) is 16.6. The zero-order valence-corrected chi connectivity index (χ0v) is 13.5. The van der Waals surface area contributed by atoms with Gasteiger partial charge >= 0.3 is 0 Å². The molecule has 124 valence electrons. The van der Waals surface area contributed by atoms with E-state index in [1.54, 1.807) is 31.6 Å². The molecule has 0 spiro atoms. The number of hydrogen-bond donors (Lipinski definition) is 1. The lowest BCUT2D eigenvalue weighted by atomic mass is 9.98. The van der Waals surface area contributed by atoms with Crippen molar-refractivity contribution in [3.05, 3.63) is 35.7 Å². The minimum absolute atomic E-state index is 0.172. The van der Waals surface area contributed by atoms with Crippen molar-refractivity contribution in [2.24, 2.45) is 7.05 Å². The summed E-state index contributed by atoms with van der Waals surface area (Å²) >= 11 is 0. The third kappa shape index (κ3) is 3.71. The molecule has 1 fully saturated rings. The maximum absolute atomic E-state index is 12.4. The number of pyridine rings is 1. The molecule has 7 nitrogen and oxygen atoms in total. The Morgan fingerprint density at radius 2 is 2.21 bits per heavy atom. The number of nitrogens with one attached hydrogen (secondary N) is 1. The van der Waals surface area contributed by atoms with Crippen molar-refractivity contribution in [3.63, 3.8) is 0 Å². The average molecular weight is 325 g/mol. The second-order valence-corrected chi connectivity index (χ2v) is 5.89. The van der Waals surface area contributed by atoms with E-state index >= 15 is 0 Å². The van der Waals surface area contributed by atoms with Crippen LogP contribution in [0.15, 0.2) is 24.5 Å². The average Bonchev–Trinajstić information content (AvgIpc) is 2.95. The van der Waals surface area contributed by atoms with Gasteiger partial charge in [0.1, 0.15) is 17.7 Å². The number of anilines is 1. The van der Waals surface area contributed by atoms with E-state index in [9.17, 15) is 4.79 Å². The standard InChI is InChI=1S/C17H19N5O2/c1-22-11-13(10-18)16(21-22)20-17(23)12-7-8-19-15(9-12)24-14-5-3-2-4-6-14/h7-9,11,14H,2-6H2,1H3,(H,20,21,23). The molecule has 1 aliphatic rings. The maximum Gasteiger partial charge on any atom is 0.257 e. The quantitative estimate of drug-likeness (QED) is 0.933. The summed E-state index contributed by atoms with van der Waals surface area (Å²) in [6.45, 7) is 0. The molecule has 0 saturated heterocycles. The molecule has 0 radical (unpaired) electrons. The third-order valence-electron chi connectivity index (χ3n) is 4.02. The number of carbonyl (C=O) groups is 1. The maximum atomic E-state index is 12.4. The molecule has 0 unspecified atom stereocenters. The number of nitrogens with zero attached hydrogens (tertiary/aromatic N) is 4. The molecule has 3 rings (SSSR count). The Hall–Kier alpha value is -2.88. The van der Waals surface area contributed by atoms with Crippen LogP contribution in [0.1, 0.15) is 48.0 Å². The second kappa shape index (κ2) is 7.13. The Kier molecular flexibility index (Phi) is 4.75. The van der Waals surface area contributed by atoms with E-state index in [1.165, 1.54) is 23.9 Å². The first-order chi connectivity index (χ1) is 11.7. The van der Waals surface area contributed by atoms with Gasteiger partial charge in [0.15, 0.2) is 5.82 Å². The lowest BCUT2D eigenvalue weighted by Gasteiger charge is -2.22. The summed E-state index contributed by atoms with van der Waals surface area (Å²) in [5.74, 6) is 0.355. The summed E-state index contributed by atoms with van der Waals surface area (Å²) in [7, 11) is 1.69. The Morgan fingerprint density at radius 3 is 2.96 bits per heavy atom. The predicted molar refractivity (Wildman–Crippen MR) is 87.6 cm³/mol.